The Kier molecular flexibility index (Phi) is 5.98. The lowest BCUT2D eigenvalue weighted by molar-refractivity contribution is 0.00564. The molecule has 0 aromatic carbocycles. The topological polar surface area (TPSA) is 41.5 Å². The Balaban J connectivity index is 2.19. The van der Waals surface area contributed by atoms with E-state index in [4.69, 9.17) is 4.74 Å². The predicted molar refractivity (Wildman–Crippen MR) is 67.8 cm³/mol. The Morgan fingerprint density at radius 3 is 2.75 bits per heavy atom. The molecule has 0 bridgehead atoms. The highest BCUT2D eigenvalue weighted by atomic mass is 32.1. The highest BCUT2D eigenvalue weighted by Crippen LogP contribution is 2.17. The molecule has 0 fully saturated rings. The first kappa shape index (κ1) is 13.6. The molecule has 0 spiro atoms. The molecule has 1 aromatic rings. The molecule has 2 N–H and O–H groups in total. The van der Waals surface area contributed by atoms with E-state index >= 15 is 0 Å². The van der Waals surface area contributed by atoms with Crippen molar-refractivity contribution in [2.24, 2.45) is 0 Å². The Labute approximate surface area is 101 Å². The minimum absolute atomic E-state index is 0.171. The van der Waals surface area contributed by atoms with Crippen LogP contribution in [0.4, 0.5) is 0 Å². The molecule has 4 heteroatoms. The summed E-state index contributed by atoms with van der Waals surface area (Å²) in [5, 5.41) is 15.0. The standard InChI is InChI=1S/C12H21NO2S/c1-9(2)15-8-11(14)7-13-10(3)12-5-4-6-16-12/h4-6,9-11,13-14H,7-8H2,1-3H3. The van der Waals surface area contributed by atoms with E-state index in [2.05, 4.69) is 23.7 Å². The van der Waals surface area contributed by atoms with Gasteiger partial charge in [-0.15, -0.1) is 11.3 Å². The maximum Gasteiger partial charge on any atom is 0.0898 e. The van der Waals surface area contributed by atoms with Gasteiger partial charge in [0.15, 0.2) is 0 Å². The third-order valence-electron chi connectivity index (χ3n) is 2.25. The second-order valence-electron chi connectivity index (χ2n) is 4.18. The minimum atomic E-state index is -0.440. The molecule has 92 valence electrons. The van der Waals surface area contributed by atoms with E-state index in [1.807, 2.05) is 19.9 Å². The zero-order valence-corrected chi connectivity index (χ0v) is 11.0. The lowest BCUT2D eigenvalue weighted by Gasteiger charge is -2.17. The van der Waals surface area contributed by atoms with Gasteiger partial charge in [-0.25, -0.2) is 0 Å². The molecule has 0 aliphatic rings. The summed E-state index contributed by atoms with van der Waals surface area (Å²) in [7, 11) is 0. The van der Waals surface area contributed by atoms with Crippen molar-refractivity contribution in [2.75, 3.05) is 13.2 Å². The van der Waals surface area contributed by atoms with Crippen molar-refractivity contribution < 1.29 is 9.84 Å². The third-order valence-corrected chi connectivity index (χ3v) is 3.31. The fraction of sp³-hybridized carbons (Fsp3) is 0.667. The van der Waals surface area contributed by atoms with Crippen LogP contribution in [0.25, 0.3) is 0 Å². The first-order valence-electron chi connectivity index (χ1n) is 5.66. The summed E-state index contributed by atoms with van der Waals surface area (Å²) in [5.74, 6) is 0. The van der Waals surface area contributed by atoms with Gasteiger partial charge in [0.1, 0.15) is 0 Å². The molecule has 3 nitrogen and oxygen atoms in total. The first-order valence-corrected chi connectivity index (χ1v) is 6.54. The largest absolute Gasteiger partial charge is 0.389 e. The highest BCUT2D eigenvalue weighted by molar-refractivity contribution is 7.10. The molecular formula is C12H21NO2S. The first-order chi connectivity index (χ1) is 7.59. The molecule has 0 saturated heterocycles. The smallest absolute Gasteiger partial charge is 0.0898 e. The Morgan fingerprint density at radius 1 is 1.44 bits per heavy atom. The molecule has 0 aliphatic heterocycles. The maximum atomic E-state index is 9.66. The second kappa shape index (κ2) is 7.01. The molecule has 2 unspecified atom stereocenters. The molecule has 1 aromatic heterocycles. The van der Waals surface area contributed by atoms with Crippen LogP contribution in [0, 0.1) is 0 Å². The summed E-state index contributed by atoms with van der Waals surface area (Å²) in [6, 6.07) is 4.42. The van der Waals surface area contributed by atoms with Gasteiger partial charge in [0.25, 0.3) is 0 Å². The predicted octanol–water partition coefficient (Wildman–Crippen LogP) is 2.18. The second-order valence-corrected chi connectivity index (χ2v) is 5.16. The quantitative estimate of drug-likeness (QED) is 0.771. The van der Waals surface area contributed by atoms with Crippen LogP contribution in [0.2, 0.25) is 0 Å². The van der Waals surface area contributed by atoms with Crippen molar-refractivity contribution in [3.63, 3.8) is 0 Å². The van der Waals surface area contributed by atoms with Gasteiger partial charge in [-0.05, 0) is 32.2 Å². The van der Waals surface area contributed by atoms with E-state index in [-0.39, 0.29) is 12.1 Å². The molecule has 0 amide bonds. The highest BCUT2D eigenvalue weighted by Gasteiger charge is 2.09. The number of hydrogen-bond acceptors (Lipinski definition) is 4. The molecule has 0 aliphatic carbocycles. The van der Waals surface area contributed by atoms with Crippen LogP contribution in [0.15, 0.2) is 17.5 Å². The average Bonchev–Trinajstić information content (AvgIpc) is 2.76. The molecule has 0 saturated carbocycles. The molecule has 16 heavy (non-hydrogen) atoms. The number of ether oxygens (including phenoxy) is 1. The van der Waals surface area contributed by atoms with E-state index in [9.17, 15) is 5.11 Å². The van der Waals surface area contributed by atoms with Gasteiger partial charge >= 0.3 is 0 Å². The lowest BCUT2D eigenvalue weighted by atomic mass is 10.2. The fourth-order valence-electron chi connectivity index (χ4n) is 1.31. The van der Waals surface area contributed by atoms with E-state index in [1.54, 1.807) is 11.3 Å². The Hall–Kier alpha value is -0.420. The van der Waals surface area contributed by atoms with Gasteiger partial charge in [-0.1, -0.05) is 6.07 Å². The van der Waals surface area contributed by atoms with Crippen molar-refractivity contribution in [3.8, 4) is 0 Å². The summed E-state index contributed by atoms with van der Waals surface area (Å²) in [6.45, 7) is 6.98. The van der Waals surface area contributed by atoms with Crippen LogP contribution >= 0.6 is 11.3 Å². The summed E-state index contributed by atoms with van der Waals surface area (Å²) < 4.78 is 5.34. The van der Waals surface area contributed by atoms with Gasteiger partial charge in [0, 0.05) is 17.5 Å². The lowest BCUT2D eigenvalue weighted by Crippen LogP contribution is -2.32. The zero-order chi connectivity index (χ0) is 12.0. The third kappa shape index (κ3) is 5.07. The Morgan fingerprint density at radius 2 is 2.19 bits per heavy atom. The summed E-state index contributed by atoms with van der Waals surface area (Å²) >= 11 is 1.73. The average molecular weight is 243 g/mol. The number of aliphatic hydroxyl groups is 1. The fourth-order valence-corrected chi connectivity index (χ4v) is 2.07. The molecular weight excluding hydrogens is 222 g/mol. The molecule has 2 atom stereocenters. The van der Waals surface area contributed by atoms with Crippen LogP contribution in [0.5, 0.6) is 0 Å². The number of aliphatic hydroxyl groups excluding tert-OH is 1. The summed E-state index contributed by atoms with van der Waals surface area (Å²) in [4.78, 5) is 1.29. The van der Waals surface area contributed by atoms with Gasteiger partial charge < -0.3 is 15.2 Å². The van der Waals surface area contributed by atoms with Crippen molar-refractivity contribution >= 4 is 11.3 Å². The van der Waals surface area contributed by atoms with E-state index in [0.29, 0.717) is 13.2 Å². The Bertz CT molecular complexity index is 275. The SMILES string of the molecule is CC(C)OCC(O)CNC(C)c1cccs1. The van der Waals surface area contributed by atoms with Crippen molar-refractivity contribution in [2.45, 2.75) is 39.0 Å². The van der Waals surface area contributed by atoms with Crippen molar-refractivity contribution in [1.29, 1.82) is 0 Å². The maximum absolute atomic E-state index is 9.66. The van der Waals surface area contributed by atoms with Crippen LogP contribution < -0.4 is 5.32 Å². The molecule has 1 heterocycles. The van der Waals surface area contributed by atoms with Crippen molar-refractivity contribution in [1.82, 2.24) is 5.32 Å². The van der Waals surface area contributed by atoms with Crippen LogP contribution in [0.1, 0.15) is 31.7 Å². The van der Waals surface area contributed by atoms with E-state index in [1.165, 1.54) is 4.88 Å². The number of nitrogens with one attached hydrogen (secondary N) is 1. The number of rotatable bonds is 7. The van der Waals surface area contributed by atoms with Gasteiger partial charge in [-0.3, -0.25) is 0 Å². The van der Waals surface area contributed by atoms with Gasteiger partial charge in [0.2, 0.25) is 0 Å². The number of hydrogen-bond donors (Lipinski definition) is 2. The van der Waals surface area contributed by atoms with Crippen LogP contribution in [-0.2, 0) is 4.74 Å². The van der Waals surface area contributed by atoms with E-state index < -0.39 is 6.10 Å². The minimum Gasteiger partial charge on any atom is -0.389 e. The normalized spacial score (nSPS) is 15.3. The summed E-state index contributed by atoms with van der Waals surface area (Å²) in [5.41, 5.74) is 0. The monoisotopic (exact) mass is 243 g/mol. The van der Waals surface area contributed by atoms with E-state index in [0.717, 1.165) is 0 Å². The zero-order valence-electron chi connectivity index (χ0n) is 10.1. The number of thiophene rings is 1. The van der Waals surface area contributed by atoms with Crippen LogP contribution in [-0.4, -0.2) is 30.5 Å². The molecule has 0 radical (unpaired) electrons. The van der Waals surface area contributed by atoms with Gasteiger partial charge in [-0.2, -0.15) is 0 Å². The van der Waals surface area contributed by atoms with Crippen molar-refractivity contribution in [3.05, 3.63) is 22.4 Å². The van der Waals surface area contributed by atoms with Gasteiger partial charge in [0.05, 0.1) is 18.8 Å². The molecule has 1 rings (SSSR count). The summed E-state index contributed by atoms with van der Waals surface area (Å²) in [6.07, 6.45) is -0.269. The van der Waals surface area contributed by atoms with Crippen LogP contribution in [0.3, 0.4) is 0 Å².